The van der Waals surface area contributed by atoms with Crippen molar-refractivity contribution in [2.75, 3.05) is 0 Å². The standard InChI is InChI=1S/C4H2N2O2/c5-1-2-3(7)6-4(2)8/h2H,(H,6,7,8). The summed E-state index contributed by atoms with van der Waals surface area (Å²) in [6.45, 7) is 0. The van der Waals surface area contributed by atoms with E-state index in [-0.39, 0.29) is 0 Å². The van der Waals surface area contributed by atoms with Gasteiger partial charge in [-0.1, -0.05) is 0 Å². The molecule has 1 saturated heterocycles. The quantitative estimate of drug-likeness (QED) is 0.314. The minimum Gasteiger partial charge on any atom is -0.293 e. The highest BCUT2D eigenvalue weighted by Gasteiger charge is 2.37. The van der Waals surface area contributed by atoms with Crippen LogP contribution in [0.15, 0.2) is 0 Å². The van der Waals surface area contributed by atoms with Crippen molar-refractivity contribution < 1.29 is 9.59 Å². The van der Waals surface area contributed by atoms with Gasteiger partial charge in [0.05, 0.1) is 6.07 Å². The molecule has 1 fully saturated rings. The van der Waals surface area contributed by atoms with Gasteiger partial charge in [0.15, 0.2) is 0 Å². The molecule has 1 aliphatic rings. The zero-order chi connectivity index (χ0) is 6.15. The number of rotatable bonds is 0. The average molecular weight is 110 g/mol. The monoisotopic (exact) mass is 110 g/mol. The number of imide groups is 1. The highest BCUT2D eigenvalue weighted by molar-refractivity contribution is 6.19. The molecule has 0 unspecified atom stereocenters. The predicted molar refractivity (Wildman–Crippen MR) is 22.3 cm³/mol. The van der Waals surface area contributed by atoms with Crippen molar-refractivity contribution in [1.82, 2.24) is 5.32 Å². The van der Waals surface area contributed by atoms with Crippen LogP contribution in [0.25, 0.3) is 0 Å². The lowest BCUT2D eigenvalue weighted by atomic mass is 10.0. The third-order valence-corrected chi connectivity index (χ3v) is 0.900. The van der Waals surface area contributed by atoms with E-state index in [1.807, 2.05) is 5.32 Å². The van der Waals surface area contributed by atoms with E-state index in [1.165, 1.54) is 6.07 Å². The fraction of sp³-hybridized carbons (Fsp3) is 0.250. The number of nitriles is 1. The predicted octanol–water partition coefficient (Wildman–Crippen LogP) is -1.22. The van der Waals surface area contributed by atoms with E-state index in [0.717, 1.165) is 0 Å². The normalized spacial score (nSPS) is 18.9. The molecule has 8 heavy (non-hydrogen) atoms. The van der Waals surface area contributed by atoms with E-state index in [2.05, 4.69) is 0 Å². The third kappa shape index (κ3) is 0.382. The van der Waals surface area contributed by atoms with Crippen LogP contribution in [-0.4, -0.2) is 11.8 Å². The van der Waals surface area contributed by atoms with Crippen LogP contribution in [0.4, 0.5) is 0 Å². The maximum Gasteiger partial charge on any atom is 0.253 e. The molecule has 0 atom stereocenters. The number of carbonyl (C=O) groups is 2. The largest absolute Gasteiger partial charge is 0.293 e. The summed E-state index contributed by atoms with van der Waals surface area (Å²) in [6.07, 6.45) is 0. The molecule has 0 aromatic heterocycles. The second-order valence-corrected chi connectivity index (χ2v) is 1.42. The number of hydrogen-bond acceptors (Lipinski definition) is 3. The Bertz CT molecular complexity index is 177. The number of nitrogens with zero attached hydrogens (tertiary/aromatic N) is 1. The summed E-state index contributed by atoms with van der Waals surface area (Å²) >= 11 is 0. The van der Waals surface area contributed by atoms with Crippen LogP contribution in [0.3, 0.4) is 0 Å². The molecule has 0 spiro atoms. The number of nitrogens with one attached hydrogen (secondary N) is 1. The van der Waals surface area contributed by atoms with Gasteiger partial charge in [-0.15, -0.1) is 0 Å². The summed E-state index contributed by atoms with van der Waals surface area (Å²) in [4.78, 5) is 20.2. The van der Waals surface area contributed by atoms with Crippen molar-refractivity contribution in [2.45, 2.75) is 0 Å². The molecule has 4 heteroatoms. The first kappa shape index (κ1) is 4.78. The van der Waals surface area contributed by atoms with E-state index in [9.17, 15) is 9.59 Å². The number of β-lactam (4-membered cyclic amide) rings is 2. The van der Waals surface area contributed by atoms with Crippen LogP contribution >= 0.6 is 0 Å². The van der Waals surface area contributed by atoms with Crippen LogP contribution in [0.1, 0.15) is 0 Å². The molecule has 1 aliphatic heterocycles. The van der Waals surface area contributed by atoms with E-state index in [4.69, 9.17) is 5.26 Å². The summed E-state index contributed by atoms with van der Waals surface area (Å²) in [5.41, 5.74) is 0. The highest BCUT2D eigenvalue weighted by Crippen LogP contribution is 2.03. The van der Waals surface area contributed by atoms with Crippen molar-refractivity contribution in [3.8, 4) is 6.07 Å². The topological polar surface area (TPSA) is 70.0 Å². The molecule has 0 radical (unpaired) electrons. The van der Waals surface area contributed by atoms with Gasteiger partial charge in [-0.05, 0) is 0 Å². The van der Waals surface area contributed by atoms with E-state index in [1.54, 1.807) is 0 Å². The second kappa shape index (κ2) is 1.30. The highest BCUT2D eigenvalue weighted by atomic mass is 16.2. The van der Waals surface area contributed by atoms with Gasteiger partial charge in [-0.25, -0.2) is 0 Å². The molecule has 0 saturated carbocycles. The summed E-state index contributed by atoms with van der Waals surface area (Å²) < 4.78 is 0. The van der Waals surface area contributed by atoms with Gasteiger partial charge < -0.3 is 0 Å². The molecular formula is C4H2N2O2. The van der Waals surface area contributed by atoms with Crippen molar-refractivity contribution >= 4 is 11.8 Å². The maximum absolute atomic E-state index is 10.1. The molecule has 1 rings (SSSR count). The fourth-order valence-corrected chi connectivity index (χ4v) is 0.424. The van der Waals surface area contributed by atoms with Crippen LogP contribution in [0.2, 0.25) is 0 Å². The van der Waals surface area contributed by atoms with Crippen LogP contribution in [0.5, 0.6) is 0 Å². The fourth-order valence-electron chi connectivity index (χ4n) is 0.424. The Morgan fingerprint density at radius 2 is 2.00 bits per heavy atom. The zero-order valence-corrected chi connectivity index (χ0v) is 3.84. The molecular weight excluding hydrogens is 108 g/mol. The van der Waals surface area contributed by atoms with Gasteiger partial charge in [0, 0.05) is 0 Å². The third-order valence-electron chi connectivity index (χ3n) is 0.900. The zero-order valence-electron chi connectivity index (χ0n) is 3.84. The number of amides is 2. The van der Waals surface area contributed by atoms with E-state index >= 15 is 0 Å². The van der Waals surface area contributed by atoms with Crippen molar-refractivity contribution in [1.29, 1.82) is 5.26 Å². The Hall–Kier alpha value is -1.37. The molecule has 0 aliphatic carbocycles. The average Bonchev–Trinajstić information content (AvgIpc) is 1.67. The van der Waals surface area contributed by atoms with Gasteiger partial charge in [-0.2, -0.15) is 5.26 Å². The molecule has 40 valence electrons. The lowest BCUT2D eigenvalue weighted by molar-refractivity contribution is -0.145. The Morgan fingerprint density at radius 1 is 1.50 bits per heavy atom. The van der Waals surface area contributed by atoms with Crippen LogP contribution < -0.4 is 5.32 Å². The van der Waals surface area contributed by atoms with Gasteiger partial charge >= 0.3 is 0 Å². The first-order valence-corrected chi connectivity index (χ1v) is 2.00. The summed E-state index contributed by atoms with van der Waals surface area (Å²) in [7, 11) is 0. The molecule has 0 aromatic rings. The van der Waals surface area contributed by atoms with Crippen molar-refractivity contribution in [3.63, 3.8) is 0 Å². The molecule has 1 N–H and O–H groups in total. The first-order valence-electron chi connectivity index (χ1n) is 2.00. The Labute approximate surface area is 45.1 Å². The lowest BCUT2D eigenvalue weighted by Crippen LogP contribution is -2.53. The van der Waals surface area contributed by atoms with E-state index < -0.39 is 17.7 Å². The smallest absolute Gasteiger partial charge is 0.253 e. The molecule has 0 aromatic carbocycles. The van der Waals surface area contributed by atoms with Gasteiger partial charge in [0.1, 0.15) is 0 Å². The van der Waals surface area contributed by atoms with Gasteiger partial charge in [0.25, 0.3) is 11.8 Å². The molecule has 0 bridgehead atoms. The number of hydrogen-bond donors (Lipinski definition) is 1. The Balaban J connectivity index is 2.69. The minimum atomic E-state index is -1.03. The summed E-state index contributed by atoms with van der Waals surface area (Å²) in [6, 6.07) is 1.54. The van der Waals surface area contributed by atoms with Crippen LogP contribution in [-0.2, 0) is 9.59 Å². The Morgan fingerprint density at radius 3 is 2.12 bits per heavy atom. The SMILES string of the molecule is N#CC1C(=O)NC1=O. The molecule has 2 amide bonds. The summed E-state index contributed by atoms with van der Waals surface area (Å²) in [5, 5.41) is 9.90. The van der Waals surface area contributed by atoms with Gasteiger partial charge in [0.2, 0.25) is 5.92 Å². The van der Waals surface area contributed by atoms with E-state index in [0.29, 0.717) is 0 Å². The first-order chi connectivity index (χ1) is 3.75. The lowest BCUT2D eigenvalue weighted by Gasteiger charge is -2.15. The second-order valence-electron chi connectivity index (χ2n) is 1.42. The minimum absolute atomic E-state index is 0.488. The number of carbonyl (C=O) groups excluding carboxylic acids is 2. The van der Waals surface area contributed by atoms with Crippen molar-refractivity contribution in [3.05, 3.63) is 0 Å². The van der Waals surface area contributed by atoms with Crippen LogP contribution in [0, 0.1) is 17.2 Å². The summed E-state index contributed by atoms with van der Waals surface area (Å²) in [5.74, 6) is -2.01. The maximum atomic E-state index is 10.1. The Kier molecular flexibility index (Phi) is 0.778. The van der Waals surface area contributed by atoms with Gasteiger partial charge in [-0.3, -0.25) is 14.9 Å². The van der Waals surface area contributed by atoms with Crippen molar-refractivity contribution in [2.24, 2.45) is 5.92 Å². The molecule has 1 heterocycles. The molecule has 4 nitrogen and oxygen atoms in total.